The zero-order valence-electron chi connectivity index (χ0n) is 18.0. The molecule has 0 N–H and O–H groups in total. The number of non-ortho nitro benzene ring substituents is 1. The monoisotopic (exact) mass is 474 g/mol. The molecule has 3 aromatic rings. The number of carbonyl (C=O) groups is 3. The highest BCUT2D eigenvalue weighted by atomic mass is 32.2. The zero-order chi connectivity index (χ0) is 24.2. The van der Waals surface area contributed by atoms with Gasteiger partial charge in [0.15, 0.2) is 0 Å². The normalized spacial score (nSPS) is 14.5. The lowest BCUT2D eigenvalue weighted by Gasteiger charge is -2.14. The standard InChI is InChI=1S/C25H18N2O6S/c1-16-5-2-3-7-19(16)15-26-23(28)22(34-25(26)30)14-17-6-4-8-21(13-17)33-24(29)18-9-11-20(12-10-18)27(31)32/h2-14H,15H2,1H3/b22-14-. The number of imide groups is 1. The molecule has 0 aliphatic carbocycles. The first-order chi connectivity index (χ1) is 16.3. The van der Waals surface area contributed by atoms with Crippen LogP contribution in [0.1, 0.15) is 27.0 Å². The van der Waals surface area contributed by atoms with E-state index in [1.165, 1.54) is 29.2 Å². The highest BCUT2D eigenvalue weighted by Crippen LogP contribution is 2.34. The number of esters is 1. The second-order valence-corrected chi connectivity index (χ2v) is 8.45. The minimum atomic E-state index is -0.675. The van der Waals surface area contributed by atoms with Crippen LogP contribution in [0.5, 0.6) is 5.75 Å². The summed E-state index contributed by atoms with van der Waals surface area (Å²) in [5, 5.41) is 10.4. The van der Waals surface area contributed by atoms with Gasteiger partial charge in [0.1, 0.15) is 5.75 Å². The van der Waals surface area contributed by atoms with Crippen molar-refractivity contribution < 1.29 is 24.0 Å². The smallest absolute Gasteiger partial charge is 0.343 e. The van der Waals surface area contributed by atoms with E-state index in [1.54, 1.807) is 30.3 Å². The third kappa shape index (κ3) is 5.05. The van der Waals surface area contributed by atoms with Gasteiger partial charge in [0.2, 0.25) is 0 Å². The minimum Gasteiger partial charge on any atom is -0.423 e. The van der Waals surface area contributed by atoms with Crippen LogP contribution in [0.3, 0.4) is 0 Å². The lowest BCUT2D eigenvalue weighted by molar-refractivity contribution is -0.384. The summed E-state index contributed by atoms with van der Waals surface area (Å²) in [6.45, 7) is 2.12. The fraction of sp³-hybridized carbons (Fsp3) is 0.0800. The Labute approximate surface area is 199 Å². The Hall–Kier alpha value is -4.24. The quantitative estimate of drug-likeness (QED) is 0.156. The van der Waals surface area contributed by atoms with Crippen molar-refractivity contribution in [3.8, 4) is 5.75 Å². The van der Waals surface area contributed by atoms with Gasteiger partial charge in [0.25, 0.3) is 16.8 Å². The summed E-state index contributed by atoms with van der Waals surface area (Å²) in [4.78, 5) is 49.4. The second-order valence-electron chi connectivity index (χ2n) is 7.46. The van der Waals surface area contributed by atoms with E-state index in [-0.39, 0.29) is 39.6 Å². The summed E-state index contributed by atoms with van der Waals surface area (Å²) in [5.41, 5.74) is 2.50. The first-order valence-corrected chi connectivity index (χ1v) is 11.0. The Bertz CT molecular complexity index is 1330. The van der Waals surface area contributed by atoms with Crippen molar-refractivity contribution in [2.75, 3.05) is 0 Å². The molecular formula is C25H18N2O6S. The Morgan fingerprint density at radius 1 is 1.06 bits per heavy atom. The first-order valence-electron chi connectivity index (χ1n) is 10.2. The first kappa shape index (κ1) is 22.9. The third-order valence-electron chi connectivity index (χ3n) is 5.14. The van der Waals surface area contributed by atoms with Gasteiger partial charge >= 0.3 is 5.97 Å². The van der Waals surface area contributed by atoms with Gasteiger partial charge in [0.05, 0.1) is 21.9 Å². The highest BCUT2D eigenvalue weighted by Gasteiger charge is 2.35. The Balaban J connectivity index is 1.48. The maximum absolute atomic E-state index is 12.8. The maximum Gasteiger partial charge on any atom is 0.343 e. The van der Waals surface area contributed by atoms with Gasteiger partial charge in [-0.3, -0.25) is 24.6 Å². The van der Waals surface area contributed by atoms with Gasteiger partial charge in [-0.05, 0) is 65.7 Å². The minimum absolute atomic E-state index is 0.130. The Morgan fingerprint density at radius 3 is 2.50 bits per heavy atom. The predicted molar refractivity (Wildman–Crippen MR) is 127 cm³/mol. The topological polar surface area (TPSA) is 107 Å². The van der Waals surface area contributed by atoms with Crippen LogP contribution in [0.15, 0.2) is 77.7 Å². The number of nitrogens with zero attached hydrogens (tertiary/aromatic N) is 2. The van der Waals surface area contributed by atoms with E-state index in [2.05, 4.69) is 0 Å². The van der Waals surface area contributed by atoms with Crippen molar-refractivity contribution in [3.63, 3.8) is 0 Å². The number of nitro groups is 1. The van der Waals surface area contributed by atoms with Gasteiger partial charge < -0.3 is 4.74 Å². The molecule has 1 aliphatic heterocycles. The summed E-state index contributed by atoms with van der Waals surface area (Å²) < 4.78 is 5.36. The average Bonchev–Trinajstić information content (AvgIpc) is 3.08. The molecular weight excluding hydrogens is 456 g/mol. The molecule has 0 unspecified atom stereocenters. The molecule has 0 aromatic heterocycles. The van der Waals surface area contributed by atoms with Crippen molar-refractivity contribution in [2.45, 2.75) is 13.5 Å². The molecule has 1 fully saturated rings. The van der Waals surface area contributed by atoms with Crippen molar-refractivity contribution >= 4 is 40.6 Å². The largest absolute Gasteiger partial charge is 0.423 e. The van der Waals surface area contributed by atoms with Gasteiger partial charge in [-0.25, -0.2) is 4.79 Å². The molecule has 1 heterocycles. The Kier molecular flexibility index (Phi) is 6.55. The van der Waals surface area contributed by atoms with Crippen LogP contribution in [0.25, 0.3) is 6.08 Å². The fourth-order valence-electron chi connectivity index (χ4n) is 3.30. The van der Waals surface area contributed by atoms with Crippen molar-refractivity contribution in [1.82, 2.24) is 4.90 Å². The number of nitro benzene ring substituents is 1. The van der Waals surface area contributed by atoms with Crippen LogP contribution >= 0.6 is 11.8 Å². The van der Waals surface area contributed by atoms with E-state index in [0.29, 0.717) is 5.56 Å². The molecule has 1 aliphatic rings. The van der Waals surface area contributed by atoms with E-state index < -0.39 is 10.9 Å². The second kappa shape index (κ2) is 9.72. The molecule has 170 valence electrons. The Morgan fingerprint density at radius 2 is 1.79 bits per heavy atom. The van der Waals surface area contributed by atoms with Crippen LogP contribution < -0.4 is 4.74 Å². The summed E-state index contributed by atoms with van der Waals surface area (Å²) in [6, 6.07) is 19.2. The van der Waals surface area contributed by atoms with E-state index in [9.17, 15) is 24.5 Å². The molecule has 0 spiro atoms. The van der Waals surface area contributed by atoms with E-state index in [0.717, 1.165) is 22.9 Å². The predicted octanol–water partition coefficient (Wildman–Crippen LogP) is 5.36. The number of ether oxygens (including phenoxy) is 1. The molecule has 0 bridgehead atoms. The van der Waals surface area contributed by atoms with Crippen LogP contribution in [0.2, 0.25) is 0 Å². The molecule has 8 nitrogen and oxygen atoms in total. The molecule has 1 saturated heterocycles. The number of carbonyl (C=O) groups excluding carboxylic acids is 3. The number of aryl methyl sites for hydroxylation is 1. The summed E-state index contributed by atoms with van der Waals surface area (Å²) >= 11 is 0.858. The molecule has 2 amide bonds. The molecule has 3 aromatic carbocycles. The summed E-state index contributed by atoms with van der Waals surface area (Å²) in [7, 11) is 0. The van der Waals surface area contributed by atoms with Crippen LogP contribution in [0.4, 0.5) is 10.5 Å². The van der Waals surface area contributed by atoms with E-state index in [4.69, 9.17) is 4.74 Å². The number of benzene rings is 3. The zero-order valence-corrected chi connectivity index (χ0v) is 18.8. The van der Waals surface area contributed by atoms with E-state index in [1.807, 2.05) is 31.2 Å². The molecule has 0 saturated carbocycles. The van der Waals surface area contributed by atoms with Gasteiger partial charge in [-0.15, -0.1) is 0 Å². The number of hydrogen-bond donors (Lipinski definition) is 0. The van der Waals surface area contributed by atoms with Crippen molar-refractivity contribution in [3.05, 3.63) is 110 Å². The van der Waals surface area contributed by atoms with Gasteiger partial charge in [-0.2, -0.15) is 0 Å². The van der Waals surface area contributed by atoms with Gasteiger partial charge in [0, 0.05) is 12.1 Å². The third-order valence-corrected chi connectivity index (χ3v) is 6.05. The highest BCUT2D eigenvalue weighted by molar-refractivity contribution is 8.18. The molecule has 9 heteroatoms. The molecule has 0 atom stereocenters. The molecule has 0 radical (unpaired) electrons. The summed E-state index contributed by atoms with van der Waals surface area (Å²) in [5.74, 6) is -0.826. The molecule has 4 rings (SSSR count). The van der Waals surface area contributed by atoms with Crippen LogP contribution in [-0.2, 0) is 11.3 Å². The number of hydrogen-bond acceptors (Lipinski definition) is 7. The van der Waals surface area contributed by atoms with Crippen molar-refractivity contribution in [1.29, 1.82) is 0 Å². The average molecular weight is 474 g/mol. The maximum atomic E-state index is 12.8. The van der Waals surface area contributed by atoms with Crippen LogP contribution in [0, 0.1) is 17.0 Å². The molecule has 34 heavy (non-hydrogen) atoms. The lowest BCUT2D eigenvalue weighted by atomic mass is 10.1. The number of amides is 2. The lowest BCUT2D eigenvalue weighted by Crippen LogP contribution is -2.27. The fourth-order valence-corrected chi connectivity index (χ4v) is 4.14. The summed E-state index contributed by atoms with van der Waals surface area (Å²) in [6.07, 6.45) is 1.58. The number of rotatable bonds is 6. The van der Waals surface area contributed by atoms with Crippen molar-refractivity contribution in [2.24, 2.45) is 0 Å². The number of thioether (sulfide) groups is 1. The van der Waals surface area contributed by atoms with Crippen LogP contribution in [-0.4, -0.2) is 26.9 Å². The van der Waals surface area contributed by atoms with Gasteiger partial charge in [-0.1, -0.05) is 36.4 Å². The SMILES string of the molecule is Cc1ccccc1CN1C(=O)S/C(=C\c2cccc(OC(=O)c3ccc([N+](=O)[O-])cc3)c2)C1=O. The van der Waals surface area contributed by atoms with E-state index >= 15 is 0 Å².